The van der Waals surface area contributed by atoms with Crippen molar-refractivity contribution in [3.63, 3.8) is 0 Å². The van der Waals surface area contributed by atoms with Crippen LogP contribution in [0.5, 0.6) is 0 Å². The van der Waals surface area contributed by atoms with Crippen LogP contribution in [0.4, 0.5) is 5.82 Å². The van der Waals surface area contributed by atoms with Crippen molar-refractivity contribution >= 4 is 21.7 Å². The molecule has 4 rings (SSSR count). The highest BCUT2D eigenvalue weighted by Gasteiger charge is 2.27. The molecule has 2 aliphatic rings. The molecule has 1 saturated heterocycles. The first-order chi connectivity index (χ1) is 13.0. The van der Waals surface area contributed by atoms with Crippen LogP contribution >= 0.6 is 0 Å². The standard InChI is InChI=1S/C18H22N4O4S/c1-21-17(15-3-2-4-16(15)20-21)19-18(23)13-5-7-14(8-6-13)27(24,25)22-9-11-26-12-10-22/h5-8H,2-4,9-12H2,1H3,(H,19,23). The van der Waals surface area contributed by atoms with E-state index in [1.165, 1.54) is 16.4 Å². The summed E-state index contributed by atoms with van der Waals surface area (Å²) in [7, 11) is -1.75. The van der Waals surface area contributed by atoms with Crippen molar-refractivity contribution in [3.8, 4) is 0 Å². The van der Waals surface area contributed by atoms with Crippen LogP contribution in [0.3, 0.4) is 0 Å². The highest BCUT2D eigenvalue weighted by atomic mass is 32.2. The minimum absolute atomic E-state index is 0.183. The second kappa shape index (κ2) is 7.06. The van der Waals surface area contributed by atoms with Gasteiger partial charge in [0.25, 0.3) is 5.91 Å². The number of sulfonamides is 1. The molecule has 144 valence electrons. The molecular formula is C18H22N4O4S. The van der Waals surface area contributed by atoms with Crippen LogP contribution in [0.25, 0.3) is 0 Å². The molecule has 1 N–H and O–H groups in total. The van der Waals surface area contributed by atoms with Gasteiger partial charge in [-0.05, 0) is 43.5 Å². The van der Waals surface area contributed by atoms with E-state index < -0.39 is 10.0 Å². The number of nitrogens with one attached hydrogen (secondary N) is 1. The van der Waals surface area contributed by atoms with Crippen LogP contribution in [0, 0.1) is 0 Å². The summed E-state index contributed by atoms with van der Waals surface area (Å²) in [5.41, 5.74) is 2.54. The maximum Gasteiger partial charge on any atom is 0.256 e. The summed E-state index contributed by atoms with van der Waals surface area (Å²) in [6.07, 6.45) is 2.90. The SMILES string of the molecule is Cn1nc2c(c1NC(=O)c1ccc(S(=O)(=O)N3CCOCC3)cc1)CCC2. The Morgan fingerprint density at radius 1 is 1.15 bits per heavy atom. The summed E-state index contributed by atoms with van der Waals surface area (Å²) in [5, 5.41) is 7.36. The van der Waals surface area contributed by atoms with Gasteiger partial charge in [0.15, 0.2) is 0 Å². The van der Waals surface area contributed by atoms with Crippen LogP contribution in [-0.4, -0.2) is 54.7 Å². The molecule has 2 heterocycles. The number of aryl methyl sites for hydroxylation is 2. The Balaban J connectivity index is 1.51. The van der Waals surface area contributed by atoms with Gasteiger partial charge in [-0.1, -0.05) is 0 Å². The first-order valence-corrected chi connectivity index (χ1v) is 10.4. The molecule has 8 nitrogen and oxygen atoms in total. The molecular weight excluding hydrogens is 368 g/mol. The quantitative estimate of drug-likeness (QED) is 0.846. The van der Waals surface area contributed by atoms with Crippen LogP contribution in [-0.2, 0) is 34.6 Å². The molecule has 1 aliphatic heterocycles. The third-order valence-corrected chi connectivity index (χ3v) is 6.94. The van der Waals surface area contributed by atoms with Gasteiger partial charge in [0, 0.05) is 31.3 Å². The van der Waals surface area contributed by atoms with Crippen molar-refractivity contribution in [2.75, 3.05) is 31.6 Å². The smallest absolute Gasteiger partial charge is 0.256 e. The molecule has 27 heavy (non-hydrogen) atoms. The number of nitrogens with zero attached hydrogens (tertiary/aromatic N) is 3. The molecule has 1 amide bonds. The number of amides is 1. The third kappa shape index (κ3) is 3.38. The molecule has 0 unspecified atom stereocenters. The number of aromatic nitrogens is 2. The van der Waals surface area contributed by atoms with Crippen molar-refractivity contribution < 1.29 is 17.9 Å². The summed E-state index contributed by atoms with van der Waals surface area (Å²) in [6.45, 7) is 1.48. The van der Waals surface area contributed by atoms with Gasteiger partial charge in [-0.25, -0.2) is 8.42 Å². The van der Waals surface area contributed by atoms with Gasteiger partial charge in [0.1, 0.15) is 5.82 Å². The van der Waals surface area contributed by atoms with E-state index in [0.29, 0.717) is 31.9 Å². The summed E-state index contributed by atoms with van der Waals surface area (Å²) in [4.78, 5) is 12.8. The predicted octanol–water partition coefficient (Wildman–Crippen LogP) is 1.18. The molecule has 0 spiro atoms. The first-order valence-electron chi connectivity index (χ1n) is 9.01. The van der Waals surface area contributed by atoms with Crippen LogP contribution < -0.4 is 5.32 Å². The summed E-state index contributed by atoms with van der Waals surface area (Å²) in [5.74, 6) is 0.445. The fourth-order valence-corrected chi connectivity index (χ4v) is 4.98. The van der Waals surface area contributed by atoms with E-state index in [0.717, 1.165) is 36.3 Å². The van der Waals surface area contributed by atoms with Crippen LogP contribution in [0.1, 0.15) is 28.0 Å². The molecule has 1 aromatic heterocycles. The Bertz CT molecular complexity index is 960. The Kier molecular flexibility index (Phi) is 4.75. The maximum absolute atomic E-state index is 12.7. The summed E-state index contributed by atoms with van der Waals surface area (Å²) >= 11 is 0. The van der Waals surface area contributed by atoms with Crippen molar-refractivity contribution in [1.82, 2.24) is 14.1 Å². The van der Waals surface area contributed by atoms with Gasteiger partial charge in [0.05, 0.1) is 23.8 Å². The number of carbonyl (C=O) groups is 1. The van der Waals surface area contributed by atoms with E-state index in [4.69, 9.17) is 4.74 Å². The molecule has 2 aromatic rings. The van der Waals surface area contributed by atoms with Gasteiger partial charge in [-0.15, -0.1) is 0 Å². The van der Waals surface area contributed by atoms with Crippen molar-refractivity contribution in [3.05, 3.63) is 41.1 Å². The molecule has 9 heteroatoms. The minimum Gasteiger partial charge on any atom is -0.379 e. The van der Waals surface area contributed by atoms with Gasteiger partial charge in [-0.3, -0.25) is 9.48 Å². The minimum atomic E-state index is -3.56. The average Bonchev–Trinajstić information content (AvgIpc) is 3.25. The molecule has 0 atom stereocenters. The second-order valence-corrected chi connectivity index (χ2v) is 8.68. The topological polar surface area (TPSA) is 93.5 Å². The molecule has 1 aliphatic carbocycles. The van der Waals surface area contributed by atoms with E-state index in [1.807, 2.05) is 7.05 Å². The van der Waals surface area contributed by atoms with Gasteiger partial charge in [0.2, 0.25) is 10.0 Å². The second-order valence-electron chi connectivity index (χ2n) is 6.75. The lowest BCUT2D eigenvalue weighted by Crippen LogP contribution is -2.40. The van der Waals surface area contributed by atoms with Crippen molar-refractivity contribution in [2.24, 2.45) is 7.05 Å². The lowest BCUT2D eigenvalue weighted by atomic mass is 10.2. The number of anilines is 1. The van der Waals surface area contributed by atoms with Gasteiger partial charge < -0.3 is 10.1 Å². The number of rotatable bonds is 4. The van der Waals surface area contributed by atoms with Crippen LogP contribution in [0.15, 0.2) is 29.2 Å². The highest BCUT2D eigenvalue weighted by molar-refractivity contribution is 7.89. The zero-order chi connectivity index (χ0) is 19.0. The number of benzene rings is 1. The molecule has 0 bridgehead atoms. The van der Waals surface area contributed by atoms with E-state index in [9.17, 15) is 13.2 Å². The van der Waals surface area contributed by atoms with Crippen molar-refractivity contribution in [1.29, 1.82) is 0 Å². The van der Waals surface area contributed by atoms with Gasteiger partial charge >= 0.3 is 0 Å². The lowest BCUT2D eigenvalue weighted by molar-refractivity contribution is 0.0730. The first kappa shape index (κ1) is 18.1. The zero-order valence-electron chi connectivity index (χ0n) is 15.1. The molecule has 1 aromatic carbocycles. The Morgan fingerprint density at radius 2 is 1.85 bits per heavy atom. The van der Waals surface area contributed by atoms with Crippen LogP contribution in [0.2, 0.25) is 0 Å². The summed E-state index contributed by atoms with van der Waals surface area (Å²) in [6, 6.07) is 6.04. The van der Waals surface area contributed by atoms with E-state index in [2.05, 4.69) is 10.4 Å². The number of morpholine rings is 1. The van der Waals surface area contributed by atoms with Crippen molar-refractivity contribution in [2.45, 2.75) is 24.2 Å². The van der Waals surface area contributed by atoms with Gasteiger partial charge in [-0.2, -0.15) is 9.40 Å². The zero-order valence-corrected chi connectivity index (χ0v) is 16.0. The Labute approximate surface area is 158 Å². The number of fused-ring (bicyclic) bond motifs is 1. The Hall–Kier alpha value is -2.23. The Morgan fingerprint density at radius 3 is 2.56 bits per heavy atom. The normalized spacial score (nSPS) is 17.7. The average molecular weight is 390 g/mol. The third-order valence-electron chi connectivity index (χ3n) is 5.03. The highest BCUT2D eigenvalue weighted by Crippen LogP contribution is 2.28. The maximum atomic E-state index is 12.7. The van der Waals surface area contributed by atoms with E-state index in [-0.39, 0.29) is 10.8 Å². The monoisotopic (exact) mass is 390 g/mol. The molecule has 0 saturated carbocycles. The number of hydrogen-bond donors (Lipinski definition) is 1. The molecule has 0 radical (unpaired) electrons. The number of ether oxygens (including phenoxy) is 1. The molecule has 1 fully saturated rings. The van der Waals surface area contributed by atoms with E-state index >= 15 is 0 Å². The summed E-state index contributed by atoms with van der Waals surface area (Å²) < 4.78 is 33.6. The lowest BCUT2D eigenvalue weighted by Gasteiger charge is -2.26. The number of hydrogen-bond acceptors (Lipinski definition) is 5. The largest absolute Gasteiger partial charge is 0.379 e. The fourth-order valence-electron chi connectivity index (χ4n) is 3.57. The fraction of sp³-hybridized carbons (Fsp3) is 0.444. The van der Waals surface area contributed by atoms with E-state index in [1.54, 1.807) is 16.8 Å². The number of carbonyl (C=O) groups excluding carboxylic acids is 1. The predicted molar refractivity (Wildman–Crippen MR) is 99.2 cm³/mol.